The van der Waals surface area contributed by atoms with Crippen molar-refractivity contribution in [1.82, 2.24) is 9.21 Å². The standard InChI is InChI=1S/C20H24N2O5S2/c1-3-17-15(2)13-18(28-17)20(24)27-14-19(23)21-9-11-22(12-10-21)29(25,26)16-7-5-4-6-8-16/h4-8,13H,3,9-12,14H2,1-2H3. The molecule has 1 saturated heterocycles. The van der Waals surface area contributed by atoms with E-state index in [0.717, 1.165) is 16.9 Å². The number of esters is 1. The van der Waals surface area contributed by atoms with Crippen molar-refractivity contribution in [1.29, 1.82) is 0 Å². The Morgan fingerprint density at radius 2 is 1.76 bits per heavy atom. The summed E-state index contributed by atoms with van der Waals surface area (Å²) in [6, 6.07) is 10.0. The van der Waals surface area contributed by atoms with Crippen LogP contribution in [0.15, 0.2) is 41.3 Å². The Kier molecular flexibility index (Phi) is 6.71. The first-order valence-electron chi connectivity index (χ1n) is 9.42. The monoisotopic (exact) mass is 436 g/mol. The molecule has 0 aliphatic carbocycles. The summed E-state index contributed by atoms with van der Waals surface area (Å²) in [5.74, 6) is -0.824. The Morgan fingerprint density at radius 3 is 2.34 bits per heavy atom. The number of nitrogens with zero attached hydrogens (tertiary/aromatic N) is 2. The molecule has 29 heavy (non-hydrogen) atoms. The van der Waals surface area contributed by atoms with Gasteiger partial charge in [-0.1, -0.05) is 25.1 Å². The van der Waals surface area contributed by atoms with Crippen molar-refractivity contribution in [3.05, 3.63) is 51.7 Å². The van der Waals surface area contributed by atoms with Gasteiger partial charge in [-0.25, -0.2) is 13.2 Å². The molecule has 0 radical (unpaired) electrons. The van der Waals surface area contributed by atoms with E-state index in [2.05, 4.69) is 0 Å². The first-order valence-corrected chi connectivity index (χ1v) is 11.7. The lowest BCUT2D eigenvalue weighted by Gasteiger charge is -2.33. The summed E-state index contributed by atoms with van der Waals surface area (Å²) in [7, 11) is -3.57. The van der Waals surface area contributed by atoms with E-state index in [1.54, 1.807) is 36.4 Å². The van der Waals surface area contributed by atoms with Crippen molar-refractivity contribution >= 4 is 33.2 Å². The Labute approximate surface area is 174 Å². The van der Waals surface area contributed by atoms with E-state index in [4.69, 9.17) is 4.74 Å². The second kappa shape index (κ2) is 9.06. The summed E-state index contributed by atoms with van der Waals surface area (Å²) in [5.41, 5.74) is 1.05. The fourth-order valence-corrected chi connectivity index (χ4v) is 5.63. The van der Waals surface area contributed by atoms with Gasteiger partial charge in [0.15, 0.2) is 6.61 Å². The van der Waals surface area contributed by atoms with Crippen LogP contribution >= 0.6 is 11.3 Å². The van der Waals surface area contributed by atoms with Gasteiger partial charge in [0.25, 0.3) is 5.91 Å². The van der Waals surface area contributed by atoms with Gasteiger partial charge in [0, 0.05) is 31.1 Å². The van der Waals surface area contributed by atoms with Crippen LogP contribution in [0.5, 0.6) is 0 Å². The smallest absolute Gasteiger partial charge is 0.348 e. The average Bonchev–Trinajstić information content (AvgIpc) is 3.13. The first-order chi connectivity index (χ1) is 13.8. The highest BCUT2D eigenvalue weighted by molar-refractivity contribution is 7.89. The SMILES string of the molecule is CCc1sc(C(=O)OCC(=O)N2CCN(S(=O)(=O)c3ccccc3)CC2)cc1C. The first kappa shape index (κ1) is 21.5. The second-order valence-electron chi connectivity index (χ2n) is 6.74. The molecule has 1 aromatic carbocycles. The Hall–Kier alpha value is -2.23. The molecule has 0 unspecified atom stereocenters. The van der Waals surface area contributed by atoms with E-state index in [1.807, 2.05) is 13.8 Å². The van der Waals surface area contributed by atoms with E-state index in [1.165, 1.54) is 20.5 Å². The highest BCUT2D eigenvalue weighted by Gasteiger charge is 2.30. The fourth-order valence-electron chi connectivity index (χ4n) is 3.18. The zero-order valence-corrected chi connectivity index (χ0v) is 18.1. The van der Waals surface area contributed by atoms with Crippen molar-refractivity contribution in [3.8, 4) is 0 Å². The molecule has 0 spiro atoms. The molecule has 2 heterocycles. The van der Waals surface area contributed by atoms with Crippen LogP contribution in [-0.4, -0.2) is 62.3 Å². The van der Waals surface area contributed by atoms with Crippen LogP contribution in [-0.2, 0) is 26.0 Å². The molecule has 1 fully saturated rings. The third-order valence-corrected chi connectivity index (χ3v) is 8.12. The van der Waals surface area contributed by atoms with Gasteiger partial charge in [-0.3, -0.25) is 4.79 Å². The van der Waals surface area contributed by atoms with Crippen molar-refractivity contribution in [3.63, 3.8) is 0 Å². The molecule has 3 rings (SSSR count). The number of carbonyl (C=O) groups excluding carboxylic acids is 2. The van der Waals surface area contributed by atoms with Crippen LogP contribution in [0.25, 0.3) is 0 Å². The number of hydrogen-bond acceptors (Lipinski definition) is 6. The summed E-state index contributed by atoms with van der Waals surface area (Å²) in [4.78, 5) is 27.9. The van der Waals surface area contributed by atoms with Gasteiger partial charge in [0.05, 0.1) is 4.90 Å². The fraction of sp³-hybridized carbons (Fsp3) is 0.400. The molecule has 9 heteroatoms. The maximum atomic E-state index is 12.6. The number of carbonyl (C=O) groups is 2. The minimum Gasteiger partial charge on any atom is -0.451 e. The average molecular weight is 437 g/mol. The predicted molar refractivity (Wildman–Crippen MR) is 110 cm³/mol. The van der Waals surface area contributed by atoms with Crippen molar-refractivity contribution in [2.75, 3.05) is 32.8 Å². The summed E-state index contributed by atoms with van der Waals surface area (Å²) >= 11 is 1.38. The number of amides is 1. The van der Waals surface area contributed by atoms with E-state index in [9.17, 15) is 18.0 Å². The van der Waals surface area contributed by atoms with E-state index >= 15 is 0 Å². The van der Waals surface area contributed by atoms with Gasteiger partial charge < -0.3 is 9.64 Å². The van der Waals surface area contributed by atoms with Crippen LogP contribution in [0.3, 0.4) is 0 Å². The third-order valence-electron chi connectivity index (χ3n) is 4.84. The molecule has 1 aromatic heterocycles. The molecule has 1 amide bonds. The maximum absolute atomic E-state index is 12.6. The zero-order valence-electron chi connectivity index (χ0n) is 16.5. The van der Waals surface area contributed by atoms with Crippen molar-refractivity contribution in [2.24, 2.45) is 0 Å². The number of rotatable bonds is 6. The van der Waals surface area contributed by atoms with Gasteiger partial charge >= 0.3 is 5.97 Å². The largest absolute Gasteiger partial charge is 0.451 e. The number of benzene rings is 1. The molecule has 1 aliphatic rings. The topological polar surface area (TPSA) is 84.0 Å². The highest BCUT2D eigenvalue weighted by Crippen LogP contribution is 2.23. The lowest BCUT2D eigenvalue weighted by molar-refractivity contribution is -0.135. The van der Waals surface area contributed by atoms with Crippen LogP contribution < -0.4 is 0 Å². The van der Waals surface area contributed by atoms with Gasteiger partial charge in [-0.05, 0) is 37.1 Å². The summed E-state index contributed by atoms with van der Waals surface area (Å²) < 4.78 is 31.8. The van der Waals surface area contributed by atoms with Crippen LogP contribution in [0, 0.1) is 6.92 Å². The lowest BCUT2D eigenvalue weighted by atomic mass is 10.2. The number of thiophene rings is 1. The molecule has 7 nitrogen and oxygen atoms in total. The van der Waals surface area contributed by atoms with Gasteiger partial charge in [0.1, 0.15) is 4.88 Å². The lowest BCUT2D eigenvalue weighted by Crippen LogP contribution is -2.51. The Balaban J connectivity index is 1.51. The summed E-state index contributed by atoms with van der Waals surface area (Å²) in [5, 5.41) is 0. The number of piperazine rings is 1. The number of ether oxygens (including phenoxy) is 1. The Morgan fingerprint density at radius 1 is 1.10 bits per heavy atom. The summed E-state index contributed by atoms with van der Waals surface area (Å²) in [6.45, 7) is 4.57. The van der Waals surface area contributed by atoms with Crippen LogP contribution in [0.2, 0.25) is 0 Å². The predicted octanol–water partition coefficient (Wildman–Crippen LogP) is 2.31. The van der Waals surface area contributed by atoms with Crippen molar-refractivity contribution < 1.29 is 22.7 Å². The zero-order chi connectivity index (χ0) is 21.0. The molecular formula is C20H24N2O5S2. The highest BCUT2D eigenvalue weighted by atomic mass is 32.2. The van der Waals surface area contributed by atoms with E-state index in [0.29, 0.717) is 4.88 Å². The number of sulfonamides is 1. The van der Waals surface area contributed by atoms with E-state index < -0.39 is 16.0 Å². The molecular weight excluding hydrogens is 412 g/mol. The van der Waals surface area contributed by atoms with Crippen LogP contribution in [0.4, 0.5) is 0 Å². The summed E-state index contributed by atoms with van der Waals surface area (Å²) in [6.07, 6.45) is 0.846. The third kappa shape index (κ3) is 4.85. The minimum absolute atomic E-state index is 0.209. The molecule has 0 bridgehead atoms. The molecule has 2 aromatic rings. The molecule has 0 N–H and O–H groups in total. The van der Waals surface area contributed by atoms with Crippen molar-refractivity contribution in [2.45, 2.75) is 25.2 Å². The minimum atomic E-state index is -3.57. The van der Waals surface area contributed by atoms with Crippen LogP contribution in [0.1, 0.15) is 27.0 Å². The van der Waals surface area contributed by atoms with E-state index in [-0.39, 0.29) is 43.6 Å². The second-order valence-corrected chi connectivity index (χ2v) is 9.82. The van der Waals surface area contributed by atoms with Gasteiger partial charge in [0.2, 0.25) is 10.0 Å². The molecule has 156 valence electrons. The molecule has 1 aliphatic heterocycles. The Bertz CT molecular complexity index is 978. The quantitative estimate of drug-likeness (QED) is 0.649. The maximum Gasteiger partial charge on any atom is 0.348 e. The number of aryl methyl sites for hydroxylation is 2. The normalized spacial score (nSPS) is 15.3. The molecule has 0 atom stereocenters. The van der Waals surface area contributed by atoms with Gasteiger partial charge in [-0.2, -0.15) is 4.31 Å². The molecule has 0 saturated carbocycles. The van der Waals surface area contributed by atoms with Gasteiger partial charge in [-0.15, -0.1) is 11.3 Å². The number of hydrogen-bond donors (Lipinski definition) is 0.